The molecule has 2 heterocycles. The number of hydrogen-bond donors (Lipinski definition) is 1. The van der Waals surface area contributed by atoms with Crippen LogP contribution in [0.3, 0.4) is 0 Å². The Balaban J connectivity index is 1.26. The van der Waals surface area contributed by atoms with Crippen molar-refractivity contribution in [3.05, 3.63) is 48.0 Å². The molecule has 1 aromatic heterocycles. The fraction of sp³-hybridized carbons (Fsp3) is 0.625. The maximum atomic E-state index is 11.7. The third-order valence-electron chi connectivity index (χ3n) is 7.42. The molecule has 5 heteroatoms. The quantitative estimate of drug-likeness (QED) is 0.835. The number of imidazole rings is 1. The Morgan fingerprint density at radius 1 is 1.03 bits per heavy atom. The summed E-state index contributed by atoms with van der Waals surface area (Å²) in [6, 6.07) is 8.67. The molecule has 2 aliphatic carbocycles. The van der Waals surface area contributed by atoms with Gasteiger partial charge in [-0.05, 0) is 56.2 Å². The zero-order valence-corrected chi connectivity index (χ0v) is 17.5. The van der Waals surface area contributed by atoms with Crippen molar-refractivity contribution in [1.82, 2.24) is 14.5 Å². The molecule has 0 spiro atoms. The molecule has 1 aliphatic heterocycles. The van der Waals surface area contributed by atoms with Crippen LogP contribution < -0.4 is 4.74 Å². The van der Waals surface area contributed by atoms with Gasteiger partial charge < -0.3 is 14.4 Å². The lowest BCUT2D eigenvalue weighted by Gasteiger charge is -2.52. The highest BCUT2D eigenvalue weighted by molar-refractivity contribution is 5.28. The standard InChI is InChI=1S/C24H33N3O2/c1-26-14-13-25-23(26)24(28)19-5-4-6-20(24)17-27(16-19)15-18-9-11-22(12-10-18)29-21-7-2-3-8-21/h9-14,19-21,28H,2-8,15-17H2,1H3/t19-,20+,24?. The van der Waals surface area contributed by atoms with Gasteiger partial charge in [0.25, 0.3) is 0 Å². The van der Waals surface area contributed by atoms with Crippen LogP contribution in [0.1, 0.15) is 56.3 Å². The molecule has 1 N–H and O–H groups in total. The van der Waals surface area contributed by atoms with E-state index in [-0.39, 0.29) is 11.8 Å². The Morgan fingerprint density at radius 3 is 2.34 bits per heavy atom. The number of ether oxygens (including phenoxy) is 1. The number of benzene rings is 1. The van der Waals surface area contributed by atoms with Crippen molar-refractivity contribution in [2.45, 2.75) is 63.2 Å². The van der Waals surface area contributed by atoms with E-state index in [9.17, 15) is 5.11 Å². The minimum atomic E-state index is -0.786. The summed E-state index contributed by atoms with van der Waals surface area (Å²) in [6.07, 6.45) is 12.5. The monoisotopic (exact) mass is 395 g/mol. The molecule has 1 aromatic carbocycles. The molecular formula is C24H33N3O2. The summed E-state index contributed by atoms with van der Waals surface area (Å²) >= 11 is 0. The second-order valence-corrected chi connectivity index (χ2v) is 9.37. The number of fused-ring (bicyclic) bond motifs is 2. The van der Waals surface area contributed by atoms with E-state index in [1.54, 1.807) is 0 Å². The van der Waals surface area contributed by atoms with Gasteiger partial charge in [-0.1, -0.05) is 18.6 Å². The molecule has 3 atom stereocenters. The Hall–Kier alpha value is -1.85. The van der Waals surface area contributed by atoms with Crippen molar-refractivity contribution in [2.75, 3.05) is 13.1 Å². The predicted octanol–water partition coefficient (Wildman–Crippen LogP) is 3.86. The Morgan fingerprint density at radius 2 is 1.72 bits per heavy atom. The van der Waals surface area contributed by atoms with Gasteiger partial charge in [0.2, 0.25) is 0 Å². The normalized spacial score (nSPS) is 30.6. The zero-order chi connectivity index (χ0) is 19.8. The molecule has 5 nitrogen and oxygen atoms in total. The van der Waals surface area contributed by atoms with Crippen LogP contribution in [-0.4, -0.2) is 38.8 Å². The van der Waals surface area contributed by atoms with E-state index in [0.29, 0.717) is 6.10 Å². The SMILES string of the molecule is Cn1ccnc1C1(O)[C@@H]2CCC[C@H]1CN(Cc1ccc(OC3CCCC3)cc1)C2. The molecule has 3 aliphatic rings. The average Bonchev–Trinajstić information content (AvgIpc) is 3.36. The van der Waals surface area contributed by atoms with E-state index in [2.05, 4.69) is 34.1 Å². The summed E-state index contributed by atoms with van der Waals surface area (Å²) in [4.78, 5) is 7.06. The van der Waals surface area contributed by atoms with E-state index >= 15 is 0 Å². The van der Waals surface area contributed by atoms with Crippen LogP contribution in [0.5, 0.6) is 5.75 Å². The van der Waals surface area contributed by atoms with E-state index < -0.39 is 5.60 Å². The van der Waals surface area contributed by atoms with Crippen LogP contribution in [-0.2, 0) is 19.2 Å². The van der Waals surface area contributed by atoms with Gasteiger partial charge in [0.05, 0.1) is 6.10 Å². The summed E-state index contributed by atoms with van der Waals surface area (Å²) in [5.74, 6) is 2.35. The minimum absolute atomic E-state index is 0.251. The van der Waals surface area contributed by atoms with Gasteiger partial charge in [-0.3, -0.25) is 4.90 Å². The Labute approximate surface area is 173 Å². The van der Waals surface area contributed by atoms with Crippen LogP contribution in [0.4, 0.5) is 0 Å². The van der Waals surface area contributed by atoms with Crippen LogP contribution in [0.15, 0.2) is 36.7 Å². The first-order valence-corrected chi connectivity index (χ1v) is 11.3. The predicted molar refractivity (Wildman–Crippen MR) is 113 cm³/mol. The van der Waals surface area contributed by atoms with Gasteiger partial charge in [-0.15, -0.1) is 0 Å². The van der Waals surface area contributed by atoms with Gasteiger partial charge >= 0.3 is 0 Å². The summed E-state index contributed by atoms with van der Waals surface area (Å²) in [7, 11) is 2.00. The highest BCUT2D eigenvalue weighted by Crippen LogP contribution is 2.48. The summed E-state index contributed by atoms with van der Waals surface area (Å²) < 4.78 is 8.11. The van der Waals surface area contributed by atoms with Crippen molar-refractivity contribution in [3.8, 4) is 5.75 Å². The van der Waals surface area contributed by atoms with Crippen molar-refractivity contribution >= 4 is 0 Å². The van der Waals surface area contributed by atoms with Crippen molar-refractivity contribution < 1.29 is 9.84 Å². The maximum absolute atomic E-state index is 11.7. The molecule has 3 fully saturated rings. The van der Waals surface area contributed by atoms with Gasteiger partial charge in [-0.2, -0.15) is 0 Å². The van der Waals surface area contributed by atoms with Crippen molar-refractivity contribution in [3.63, 3.8) is 0 Å². The highest BCUT2D eigenvalue weighted by atomic mass is 16.5. The van der Waals surface area contributed by atoms with E-state index in [0.717, 1.165) is 44.0 Å². The fourth-order valence-corrected chi connectivity index (χ4v) is 5.92. The zero-order valence-electron chi connectivity index (χ0n) is 17.5. The third kappa shape index (κ3) is 3.59. The highest BCUT2D eigenvalue weighted by Gasteiger charge is 2.53. The molecule has 156 valence electrons. The first-order valence-electron chi connectivity index (χ1n) is 11.3. The molecule has 2 aromatic rings. The number of aryl methyl sites for hydroxylation is 1. The van der Waals surface area contributed by atoms with E-state index in [1.165, 1.54) is 37.7 Å². The summed E-state index contributed by atoms with van der Waals surface area (Å²) in [5, 5.41) is 11.7. The van der Waals surface area contributed by atoms with Gasteiger partial charge in [0, 0.05) is 50.9 Å². The molecule has 2 saturated carbocycles. The van der Waals surface area contributed by atoms with Gasteiger partial charge in [0.15, 0.2) is 0 Å². The third-order valence-corrected chi connectivity index (χ3v) is 7.42. The van der Waals surface area contributed by atoms with Crippen molar-refractivity contribution in [2.24, 2.45) is 18.9 Å². The lowest BCUT2D eigenvalue weighted by Crippen LogP contribution is -2.58. The van der Waals surface area contributed by atoms with Gasteiger partial charge in [0.1, 0.15) is 17.2 Å². The Bertz CT molecular complexity index is 811. The van der Waals surface area contributed by atoms with Crippen molar-refractivity contribution in [1.29, 1.82) is 0 Å². The number of nitrogens with zero attached hydrogens (tertiary/aromatic N) is 3. The topological polar surface area (TPSA) is 50.5 Å². The summed E-state index contributed by atoms with van der Waals surface area (Å²) in [5.41, 5.74) is 0.538. The largest absolute Gasteiger partial charge is 0.490 e. The fourth-order valence-electron chi connectivity index (χ4n) is 5.92. The molecular weight excluding hydrogens is 362 g/mol. The number of aromatic nitrogens is 2. The molecule has 2 bridgehead atoms. The minimum Gasteiger partial charge on any atom is -0.490 e. The number of hydrogen-bond acceptors (Lipinski definition) is 4. The lowest BCUT2D eigenvalue weighted by atomic mass is 9.65. The summed E-state index contributed by atoms with van der Waals surface area (Å²) in [6.45, 7) is 2.80. The second-order valence-electron chi connectivity index (χ2n) is 9.37. The van der Waals surface area contributed by atoms with E-state index in [1.807, 2.05) is 24.0 Å². The molecule has 0 radical (unpaired) electrons. The number of aliphatic hydroxyl groups is 1. The first-order chi connectivity index (χ1) is 14.1. The lowest BCUT2D eigenvalue weighted by molar-refractivity contribution is -0.155. The Kier molecular flexibility index (Phi) is 5.12. The molecule has 5 rings (SSSR count). The molecule has 1 unspecified atom stereocenters. The number of likely N-dealkylation sites (tertiary alicyclic amines) is 1. The van der Waals surface area contributed by atoms with Crippen LogP contribution in [0.25, 0.3) is 0 Å². The maximum Gasteiger partial charge on any atom is 0.141 e. The van der Waals surface area contributed by atoms with Crippen LogP contribution >= 0.6 is 0 Å². The average molecular weight is 396 g/mol. The van der Waals surface area contributed by atoms with E-state index in [4.69, 9.17) is 4.74 Å². The molecule has 0 amide bonds. The first kappa shape index (κ1) is 19.1. The smallest absolute Gasteiger partial charge is 0.141 e. The van der Waals surface area contributed by atoms with Gasteiger partial charge in [-0.25, -0.2) is 4.98 Å². The number of rotatable bonds is 5. The molecule has 29 heavy (non-hydrogen) atoms. The number of piperidine rings is 1. The van der Waals surface area contributed by atoms with Crippen LogP contribution in [0, 0.1) is 11.8 Å². The molecule has 1 saturated heterocycles. The van der Waals surface area contributed by atoms with Crippen LogP contribution in [0.2, 0.25) is 0 Å². The second kappa shape index (κ2) is 7.77.